The van der Waals surface area contributed by atoms with Gasteiger partial charge in [0.05, 0.1) is 9.82 Å². The van der Waals surface area contributed by atoms with Crippen molar-refractivity contribution in [1.82, 2.24) is 0 Å². The number of nitro benzene ring substituents is 1. The molecule has 0 unspecified atom stereocenters. The molecule has 16 heavy (non-hydrogen) atoms. The minimum Gasteiger partial charge on any atom is -0.258 e. The van der Waals surface area contributed by atoms with E-state index in [0.29, 0.717) is 0 Å². The van der Waals surface area contributed by atoms with E-state index >= 15 is 0 Å². The molecule has 0 spiro atoms. The van der Waals surface area contributed by atoms with Crippen molar-refractivity contribution in [1.29, 1.82) is 0 Å². The fourth-order valence-corrected chi connectivity index (χ4v) is 2.72. The van der Waals surface area contributed by atoms with Gasteiger partial charge in [-0.1, -0.05) is 34.5 Å². The van der Waals surface area contributed by atoms with E-state index < -0.39 is 0 Å². The molecular formula is C11H14BrNO2S. The molecule has 0 saturated heterocycles. The average molecular weight is 304 g/mol. The number of hydrogen-bond donors (Lipinski definition) is 0. The molecule has 0 radical (unpaired) electrons. The van der Waals surface area contributed by atoms with Crippen LogP contribution in [-0.4, -0.2) is 16.0 Å². The van der Waals surface area contributed by atoms with Gasteiger partial charge in [-0.2, -0.15) is 0 Å². The van der Waals surface area contributed by atoms with E-state index in [-0.39, 0.29) is 10.6 Å². The molecule has 0 aliphatic rings. The Balaban J connectivity index is 2.44. The van der Waals surface area contributed by atoms with E-state index in [2.05, 4.69) is 15.9 Å². The molecule has 0 aliphatic heterocycles. The maximum absolute atomic E-state index is 10.7. The second-order valence-corrected chi connectivity index (χ2v) is 5.25. The summed E-state index contributed by atoms with van der Waals surface area (Å²) in [5.74, 6) is 0.942. The molecule has 5 heteroatoms. The summed E-state index contributed by atoms with van der Waals surface area (Å²) in [6, 6.07) is 6.91. The highest BCUT2D eigenvalue weighted by atomic mass is 79.9. The monoisotopic (exact) mass is 303 g/mol. The maximum atomic E-state index is 10.7. The fourth-order valence-electron chi connectivity index (χ4n) is 1.29. The van der Waals surface area contributed by atoms with Gasteiger partial charge in [-0.15, -0.1) is 11.8 Å². The second kappa shape index (κ2) is 7.68. The molecule has 0 fully saturated rings. The number of nitro groups is 1. The van der Waals surface area contributed by atoms with Crippen molar-refractivity contribution in [2.45, 2.75) is 24.2 Å². The van der Waals surface area contributed by atoms with E-state index in [4.69, 9.17) is 0 Å². The standard InChI is InChI=1S/C11H14BrNO2S/c12-8-4-1-5-9-16-11-7-3-2-6-10(11)13(14)15/h2-3,6-7H,1,4-5,8-9H2. The highest BCUT2D eigenvalue weighted by molar-refractivity contribution is 9.09. The van der Waals surface area contributed by atoms with Gasteiger partial charge < -0.3 is 0 Å². The molecule has 0 atom stereocenters. The van der Waals surface area contributed by atoms with Gasteiger partial charge >= 0.3 is 0 Å². The first-order chi connectivity index (χ1) is 7.75. The summed E-state index contributed by atoms with van der Waals surface area (Å²) in [6.45, 7) is 0. The number of unbranched alkanes of at least 4 members (excludes halogenated alkanes) is 2. The number of para-hydroxylation sites is 1. The summed E-state index contributed by atoms with van der Waals surface area (Å²) in [5.41, 5.74) is 0.216. The quantitative estimate of drug-likeness (QED) is 0.249. The Bertz CT molecular complexity index is 347. The van der Waals surface area contributed by atoms with E-state index in [1.807, 2.05) is 12.1 Å². The van der Waals surface area contributed by atoms with Crippen molar-refractivity contribution in [2.75, 3.05) is 11.1 Å². The van der Waals surface area contributed by atoms with Crippen LogP contribution in [0.4, 0.5) is 5.69 Å². The minimum atomic E-state index is -0.319. The molecule has 1 aromatic rings. The van der Waals surface area contributed by atoms with Crippen LogP contribution in [-0.2, 0) is 0 Å². The SMILES string of the molecule is O=[N+]([O-])c1ccccc1SCCCCCBr. The molecule has 0 aliphatic carbocycles. The number of rotatable bonds is 7. The summed E-state index contributed by atoms with van der Waals surface area (Å²) >= 11 is 4.95. The molecule has 0 aromatic heterocycles. The smallest absolute Gasteiger partial charge is 0.258 e. The molecule has 0 heterocycles. The van der Waals surface area contributed by atoms with Crippen molar-refractivity contribution >= 4 is 33.4 Å². The number of hydrogen-bond acceptors (Lipinski definition) is 3. The van der Waals surface area contributed by atoms with Crippen LogP contribution in [0, 0.1) is 10.1 Å². The van der Waals surface area contributed by atoms with Crippen LogP contribution in [0.2, 0.25) is 0 Å². The Hall–Kier alpha value is -0.550. The third kappa shape index (κ3) is 4.53. The van der Waals surface area contributed by atoms with Crippen LogP contribution < -0.4 is 0 Å². The van der Waals surface area contributed by atoms with Crippen molar-refractivity contribution in [3.05, 3.63) is 34.4 Å². The van der Waals surface area contributed by atoms with E-state index in [0.717, 1.165) is 28.8 Å². The van der Waals surface area contributed by atoms with Crippen LogP contribution in [0.1, 0.15) is 19.3 Å². The van der Waals surface area contributed by atoms with E-state index in [1.165, 1.54) is 6.42 Å². The van der Waals surface area contributed by atoms with Gasteiger partial charge in [-0.25, -0.2) is 0 Å². The lowest BCUT2D eigenvalue weighted by atomic mass is 10.3. The van der Waals surface area contributed by atoms with Crippen molar-refractivity contribution in [3.63, 3.8) is 0 Å². The lowest BCUT2D eigenvalue weighted by molar-refractivity contribution is -0.387. The van der Waals surface area contributed by atoms with E-state index in [1.54, 1.807) is 23.9 Å². The minimum absolute atomic E-state index is 0.216. The first kappa shape index (κ1) is 13.5. The third-order valence-corrected chi connectivity index (χ3v) is 3.81. The Labute approximate surface area is 108 Å². The zero-order valence-electron chi connectivity index (χ0n) is 8.89. The molecule has 1 rings (SSSR count). The highest BCUT2D eigenvalue weighted by Gasteiger charge is 2.11. The molecule has 1 aromatic carbocycles. The predicted molar refractivity (Wildman–Crippen MR) is 71.5 cm³/mol. The molecule has 0 saturated carbocycles. The van der Waals surface area contributed by atoms with E-state index in [9.17, 15) is 10.1 Å². The summed E-state index contributed by atoms with van der Waals surface area (Å²) in [6.07, 6.45) is 3.43. The largest absolute Gasteiger partial charge is 0.282 e. The van der Waals surface area contributed by atoms with Gasteiger partial charge in [-0.05, 0) is 24.7 Å². The van der Waals surface area contributed by atoms with Crippen LogP contribution in [0.15, 0.2) is 29.2 Å². The average Bonchev–Trinajstić information content (AvgIpc) is 2.29. The summed E-state index contributed by atoms with van der Waals surface area (Å²) in [7, 11) is 0. The number of benzene rings is 1. The topological polar surface area (TPSA) is 43.1 Å². The fraction of sp³-hybridized carbons (Fsp3) is 0.455. The van der Waals surface area contributed by atoms with Gasteiger partial charge in [0, 0.05) is 11.4 Å². The Morgan fingerprint density at radius 1 is 1.25 bits per heavy atom. The molecule has 0 amide bonds. The highest BCUT2D eigenvalue weighted by Crippen LogP contribution is 2.29. The number of nitrogens with zero attached hydrogens (tertiary/aromatic N) is 1. The number of alkyl halides is 1. The van der Waals surface area contributed by atoms with Gasteiger partial charge in [0.2, 0.25) is 0 Å². The lowest BCUT2D eigenvalue weighted by Crippen LogP contribution is -1.91. The molecule has 0 bridgehead atoms. The maximum Gasteiger partial charge on any atom is 0.282 e. The Kier molecular flexibility index (Phi) is 6.49. The van der Waals surface area contributed by atoms with Crippen molar-refractivity contribution in [2.24, 2.45) is 0 Å². The van der Waals surface area contributed by atoms with Crippen molar-refractivity contribution in [3.8, 4) is 0 Å². The van der Waals surface area contributed by atoms with Crippen molar-refractivity contribution < 1.29 is 4.92 Å². The van der Waals surface area contributed by atoms with Crippen LogP contribution in [0.3, 0.4) is 0 Å². The Morgan fingerprint density at radius 2 is 2.00 bits per heavy atom. The third-order valence-electron chi connectivity index (χ3n) is 2.10. The molecular weight excluding hydrogens is 290 g/mol. The van der Waals surface area contributed by atoms with Gasteiger partial charge in [0.15, 0.2) is 0 Å². The van der Waals surface area contributed by atoms with Crippen LogP contribution in [0.5, 0.6) is 0 Å². The Morgan fingerprint density at radius 3 is 2.69 bits per heavy atom. The normalized spacial score (nSPS) is 10.3. The summed E-state index contributed by atoms with van der Waals surface area (Å²) in [4.78, 5) is 11.2. The van der Waals surface area contributed by atoms with Crippen LogP contribution >= 0.6 is 27.7 Å². The predicted octanol–water partition coefficient (Wildman–Crippen LogP) is 4.25. The first-order valence-electron chi connectivity index (χ1n) is 5.18. The van der Waals surface area contributed by atoms with Gasteiger partial charge in [0.1, 0.15) is 0 Å². The van der Waals surface area contributed by atoms with Crippen LogP contribution in [0.25, 0.3) is 0 Å². The summed E-state index contributed by atoms with van der Waals surface area (Å²) in [5, 5.41) is 11.8. The second-order valence-electron chi connectivity index (χ2n) is 3.32. The number of halogens is 1. The molecule has 0 N–H and O–H groups in total. The first-order valence-corrected chi connectivity index (χ1v) is 7.28. The zero-order chi connectivity index (χ0) is 11.8. The lowest BCUT2D eigenvalue weighted by Gasteiger charge is -2.02. The number of thioether (sulfide) groups is 1. The summed E-state index contributed by atoms with van der Waals surface area (Å²) < 4.78 is 0. The van der Waals surface area contributed by atoms with Gasteiger partial charge in [-0.3, -0.25) is 10.1 Å². The zero-order valence-corrected chi connectivity index (χ0v) is 11.3. The molecule has 88 valence electrons. The molecule has 3 nitrogen and oxygen atoms in total. The van der Waals surface area contributed by atoms with Gasteiger partial charge in [0.25, 0.3) is 5.69 Å².